The van der Waals surface area contributed by atoms with Crippen LogP contribution >= 0.6 is 0 Å². The minimum Gasteiger partial charge on any atom is -0.504 e. The maximum absolute atomic E-state index is 14.3. The van der Waals surface area contributed by atoms with Gasteiger partial charge in [-0.3, -0.25) is 4.79 Å². The number of esters is 1. The van der Waals surface area contributed by atoms with Gasteiger partial charge in [0.25, 0.3) is 0 Å². The lowest BCUT2D eigenvalue weighted by Gasteiger charge is -2.28. The van der Waals surface area contributed by atoms with Crippen LogP contribution in [-0.4, -0.2) is 23.0 Å². The van der Waals surface area contributed by atoms with Gasteiger partial charge in [0.15, 0.2) is 17.3 Å². The number of hydrogen-bond donors (Lipinski definition) is 1. The van der Waals surface area contributed by atoms with Crippen LogP contribution in [-0.2, 0) is 11.2 Å². The molecule has 0 bridgehead atoms. The second-order valence-electron chi connectivity index (χ2n) is 8.19. The molecule has 0 unspecified atom stereocenters. The molecule has 0 aromatic heterocycles. The Kier molecular flexibility index (Phi) is 7.61. The van der Waals surface area contributed by atoms with Crippen molar-refractivity contribution in [3.8, 4) is 5.75 Å². The fourth-order valence-corrected chi connectivity index (χ4v) is 4.09. The highest BCUT2D eigenvalue weighted by Gasteiger charge is 2.27. The summed E-state index contributed by atoms with van der Waals surface area (Å²) in [7, 11) is 0. The lowest BCUT2D eigenvalue weighted by molar-refractivity contribution is 0.0161. The lowest BCUT2D eigenvalue weighted by Crippen LogP contribution is -2.25. The fourth-order valence-electron chi connectivity index (χ4n) is 4.09. The van der Waals surface area contributed by atoms with E-state index in [-0.39, 0.29) is 35.8 Å². The highest BCUT2D eigenvalue weighted by molar-refractivity contribution is 5.98. The first-order valence-corrected chi connectivity index (χ1v) is 10.9. The molecular formula is C26H29FO4. The summed E-state index contributed by atoms with van der Waals surface area (Å²) in [4.78, 5) is 25.0. The molecular weight excluding hydrogens is 395 g/mol. The van der Waals surface area contributed by atoms with E-state index >= 15 is 0 Å². The number of aryl methyl sites for hydroxylation is 1. The van der Waals surface area contributed by atoms with E-state index in [1.165, 1.54) is 6.07 Å². The number of benzene rings is 2. The van der Waals surface area contributed by atoms with Crippen molar-refractivity contribution < 1.29 is 23.8 Å². The van der Waals surface area contributed by atoms with Crippen LogP contribution in [0.25, 0.3) is 6.08 Å². The third-order valence-corrected chi connectivity index (χ3v) is 5.94. The number of carbonyl (C=O) groups excluding carboxylic acids is 2. The number of phenolic OH excluding ortho intramolecular Hbond substituents is 1. The standard InChI is InChI=1S/C26H29FO4/c1-3-5-19-12-15-22(25(29)24(19)27)23(28)16-18-8-13-21(14-9-18)31-26(30)20-10-6-17(4-2)7-11-20/h4,6-7,10-12,15,18,21,29H,2-3,5,8-9,13-14,16H2,1H3. The third-order valence-electron chi connectivity index (χ3n) is 5.94. The highest BCUT2D eigenvalue weighted by atomic mass is 19.1. The molecule has 2 aromatic rings. The Morgan fingerprint density at radius 3 is 2.42 bits per heavy atom. The SMILES string of the molecule is C=Cc1ccc(C(=O)OC2CCC(CC(=O)c3ccc(CCC)c(F)c3O)CC2)cc1. The van der Waals surface area contributed by atoms with Gasteiger partial charge >= 0.3 is 5.97 Å². The maximum atomic E-state index is 14.3. The maximum Gasteiger partial charge on any atom is 0.338 e. The van der Waals surface area contributed by atoms with Crippen LogP contribution in [0.2, 0.25) is 0 Å². The molecule has 164 valence electrons. The van der Waals surface area contributed by atoms with Gasteiger partial charge in [0, 0.05) is 6.42 Å². The van der Waals surface area contributed by atoms with Gasteiger partial charge in [0.2, 0.25) is 0 Å². The van der Waals surface area contributed by atoms with E-state index in [0.717, 1.165) is 24.8 Å². The predicted molar refractivity (Wildman–Crippen MR) is 119 cm³/mol. The van der Waals surface area contributed by atoms with Gasteiger partial charge in [-0.05, 0) is 67.3 Å². The second kappa shape index (κ2) is 10.4. The molecule has 2 aromatic carbocycles. The highest BCUT2D eigenvalue weighted by Crippen LogP contribution is 2.32. The molecule has 1 aliphatic rings. The van der Waals surface area contributed by atoms with Gasteiger partial charge in [0.1, 0.15) is 6.10 Å². The van der Waals surface area contributed by atoms with E-state index in [4.69, 9.17) is 4.74 Å². The van der Waals surface area contributed by atoms with Crippen LogP contribution in [0.1, 0.15) is 77.3 Å². The quantitative estimate of drug-likeness (QED) is 0.410. The van der Waals surface area contributed by atoms with E-state index in [1.54, 1.807) is 24.3 Å². The Morgan fingerprint density at radius 2 is 1.81 bits per heavy atom. The summed E-state index contributed by atoms with van der Waals surface area (Å²) in [6, 6.07) is 10.2. The van der Waals surface area contributed by atoms with Crippen LogP contribution < -0.4 is 0 Å². The smallest absolute Gasteiger partial charge is 0.338 e. The Labute approximate surface area is 182 Å². The van der Waals surface area contributed by atoms with Gasteiger partial charge in [-0.15, -0.1) is 0 Å². The molecule has 1 saturated carbocycles. The molecule has 0 aliphatic heterocycles. The molecule has 1 fully saturated rings. The summed E-state index contributed by atoms with van der Waals surface area (Å²) in [5, 5.41) is 10.1. The largest absolute Gasteiger partial charge is 0.504 e. The molecule has 0 radical (unpaired) electrons. The molecule has 0 amide bonds. The van der Waals surface area contributed by atoms with Crippen molar-refractivity contribution in [3.63, 3.8) is 0 Å². The van der Waals surface area contributed by atoms with Gasteiger partial charge in [-0.2, -0.15) is 0 Å². The first-order valence-electron chi connectivity index (χ1n) is 10.9. The van der Waals surface area contributed by atoms with Crippen LogP contribution in [0.3, 0.4) is 0 Å². The number of halogens is 1. The Hall–Kier alpha value is -2.95. The average molecular weight is 425 g/mol. The molecule has 0 atom stereocenters. The number of rotatable bonds is 8. The summed E-state index contributed by atoms with van der Waals surface area (Å²) in [6.07, 6.45) is 5.94. The van der Waals surface area contributed by atoms with E-state index in [9.17, 15) is 19.1 Å². The first-order chi connectivity index (χ1) is 14.9. The number of carbonyl (C=O) groups is 2. The van der Waals surface area contributed by atoms with Crippen molar-refractivity contribution in [2.24, 2.45) is 5.92 Å². The molecule has 4 nitrogen and oxygen atoms in total. The van der Waals surface area contributed by atoms with Crippen molar-refractivity contribution in [2.75, 3.05) is 0 Å². The summed E-state index contributed by atoms with van der Waals surface area (Å²) in [5.41, 5.74) is 1.92. The zero-order valence-corrected chi connectivity index (χ0v) is 17.9. The molecule has 31 heavy (non-hydrogen) atoms. The topological polar surface area (TPSA) is 63.6 Å². The monoisotopic (exact) mass is 424 g/mol. The molecule has 0 saturated heterocycles. The lowest BCUT2D eigenvalue weighted by atomic mass is 9.83. The number of aromatic hydroxyl groups is 1. The molecule has 1 aliphatic carbocycles. The van der Waals surface area contributed by atoms with Gasteiger partial charge in [-0.1, -0.05) is 44.2 Å². The van der Waals surface area contributed by atoms with Crippen molar-refractivity contribution in [1.82, 2.24) is 0 Å². The fraction of sp³-hybridized carbons (Fsp3) is 0.385. The van der Waals surface area contributed by atoms with Crippen molar-refractivity contribution in [3.05, 3.63) is 71.0 Å². The van der Waals surface area contributed by atoms with Crippen LogP contribution in [0.5, 0.6) is 5.75 Å². The summed E-state index contributed by atoms with van der Waals surface area (Å²) in [6.45, 7) is 5.63. The van der Waals surface area contributed by atoms with Crippen LogP contribution in [0, 0.1) is 11.7 Å². The Bertz CT molecular complexity index is 941. The molecule has 0 spiro atoms. The minimum atomic E-state index is -0.690. The predicted octanol–water partition coefficient (Wildman–Crippen LogP) is 6.12. The van der Waals surface area contributed by atoms with E-state index < -0.39 is 11.6 Å². The Morgan fingerprint density at radius 1 is 1.13 bits per heavy atom. The molecule has 0 heterocycles. The van der Waals surface area contributed by atoms with Crippen molar-refractivity contribution in [2.45, 2.75) is 58.0 Å². The first kappa shape index (κ1) is 22.7. The Balaban J connectivity index is 1.51. The molecule has 1 N–H and O–H groups in total. The number of Topliss-reactive ketones (excluding diaryl/α,β-unsaturated/α-hetero) is 1. The van der Waals surface area contributed by atoms with Gasteiger partial charge in [0.05, 0.1) is 11.1 Å². The number of ether oxygens (including phenoxy) is 1. The normalized spacial score (nSPS) is 18.4. The molecule has 5 heteroatoms. The van der Waals surface area contributed by atoms with Gasteiger partial charge in [-0.25, -0.2) is 9.18 Å². The second-order valence-corrected chi connectivity index (χ2v) is 8.19. The van der Waals surface area contributed by atoms with E-state index in [1.807, 2.05) is 19.1 Å². The average Bonchev–Trinajstić information content (AvgIpc) is 2.78. The van der Waals surface area contributed by atoms with E-state index in [2.05, 4.69) is 6.58 Å². The minimum absolute atomic E-state index is 0.0499. The number of ketones is 1. The third kappa shape index (κ3) is 5.60. The molecule has 3 rings (SSSR count). The number of phenols is 1. The van der Waals surface area contributed by atoms with Crippen LogP contribution in [0.4, 0.5) is 4.39 Å². The van der Waals surface area contributed by atoms with Crippen molar-refractivity contribution >= 4 is 17.8 Å². The van der Waals surface area contributed by atoms with Gasteiger partial charge < -0.3 is 9.84 Å². The number of hydrogen-bond acceptors (Lipinski definition) is 4. The van der Waals surface area contributed by atoms with Crippen molar-refractivity contribution in [1.29, 1.82) is 0 Å². The zero-order valence-electron chi connectivity index (χ0n) is 17.9. The summed E-state index contributed by atoms with van der Waals surface area (Å²) in [5.74, 6) is -1.69. The summed E-state index contributed by atoms with van der Waals surface area (Å²) >= 11 is 0. The zero-order chi connectivity index (χ0) is 22.4. The van der Waals surface area contributed by atoms with E-state index in [0.29, 0.717) is 30.4 Å². The summed E-state index contributed by atoms with van der Waals surface area (Å²) < 4.78 is 19.9. The van der Waals surface area contributed by atoms with Crippen LogP contribution in [0.15, 0.2) is 43.0 Å².